The van der Waals surface area contributed by atoms with Gasteiger partial charge in [-0.05, 0) is 24.3 Å². The van der Waals surface area contributed by atoms with Gasteiger partial charge in [0.15, 0.2) is 17.5 Å². The Morgan fingerprint density at radius 1 is 1.09 bits per heavy atom. The minimum atomic E-state index is -1.63. The molecule has 0 saturated carbocycles. The Balaban J connectivity index is 2.14. The van der Waals surface area contributed by atoms with Crippen molar-refractivity contribution in [2.75, 3.05) is 12.4 Å². The molecule has 0 bridgehead atoms. The predicted octanol–water partition coefficient (Wildman–Crippen LogP) is 3.76. The second-order valence-corrected chi connectivity index (χ2v) is 4.29. The fraction of sp³-hybridized carbons (Fsp3) is 0.0625. The molecule has 0 fully saturated rings. The number of methoxy groups -OCH3 is 1. The van der Waals surface area contributed by atoms with E-state index >= 15 is 0 Å². The summed E-state index contributed by atoms with van der Waals surface area (Å²) >= 11 is 0. The van der Waals surface area contributed by atoms with Gasteiger partial charge >= 0.3 is 0 Å². The molecule has 1 N–H and O–H groups in total. The normalized spacial score (nSPS) is 10.7. The zero-order valence-electron chi connectivity index (χ0n) is 11.6. The zero-order chi connectivity index (χ0) is 16.1. The average molecular weight is 307 g/mol. The molecule has 0 aliphatic carbocycles. The number of nitrogens with one attached hydrogen (secondary N) is 1. The van der Waals surface area contributed by atoms with Gasteiger partial charge in [-0.3, -0.25) is 4.79 Å². The maximum atomic E-state index is 13.4. The van der Waals surface area contributed by atoms with E-state index in [1.165, 1.54) is 13.2 Å². The first kappa shape index (κ1) is 15.6. The molecule has 0 heterocycles. The fourth-order valence-corrected chi connectivity index (χ4v) is 1.77. The number of carbonyl (C=O) groups is 1. The fourth-order valence-electron chi connectivity index (χ4n) is 1.77. The molecule has 0 atom stereocenters. The minimum absolute atomic E-state index is 0.437. The molecule has 0 unspecified atom stereocenters. The highest BCUT2D eigenvalue weighted by molar-refractivity contribution is 6.02. The molecule has 2 rings (SSSR count). The van der Waals surface area contributed by atoms with Crippen molar-refractivity contribution in [2.24, 2.45) is 0 Å². The van der Waals surface area contributed by atoms with Crippen molar-refractivity contribution in [2.45, 2.75) is 0 Å². The molecule has 0 aliphatic rings. The first-order chi connectivity index (χ1) is 10.5. The summed E-state index contributed by atoms with van der Waals surface area (Å²) in [6, 6.07) is 8.65. The molecule has 22 heavy (non-hydrogen) atoms. The number of rotatable bonds is 4. The van der Waals surface area contributed by atoms with Crippen molar-refractivity contribution in [3.05, 3.63) is 65.5 Å². The third-order valence-electron chi connectivity index (χ3n) is 2.85. The van der Waals surface area contributed by atoms with E-state index in [0.717, 1.165) is 18.2 Å². The quantitative estimate of drug-likeness (QED) is 0.690. The second-order valence-electron chi connectivity index (χ2n) is 4.29. The largest absolute Gasteiger partial charge is 0.496 e. The van der Waals surface area contributed by atoms with Gasteiger partial charge in [0.1, 0.15) is 5.75 Å². The van der Waals surface area contributed by atoms with Gasteiger partial charge in [0.05, 0.1) is 12.8 Å². The highest BCUT2D eigenvalue weighted by Crippen LogP contribution is 2.21. The van der Waals surface area contributed by atoms with Crippen LogP contribution in [0.5, 0.6) is 5.75 Å². The molecule has 0 saturated heterocycles. The van der Waals surface area contributed by atoms with Crippen LogP contribution in [-0.2, 0) is 4.79 Å². The van der Waals surface area contributed by atoms with E-state index in [1.54, 1.807) is 24.3 Å². The molecule has 0 radical (unpaired) electrons. The van der Waals surface area contributed by atoms with Gasteiger partial charge in [0, 0.05) is 11.6 Å². The molecular weight excluding hydrogens is 295 g/mol. The van der Waals surface area contributed by atoms with E-state index in [2.05, 4.69) is 5.32 Å². The molecule has 3 nitrogen and oxygen atoms in total. The van der Waals surface area contributed by atoms with Crippen molar-refractivity contribution >= 4 is 17.7 Å². The average Bonchev–Trinajstić information content (AvgIpc) is 2.53. The number of carbonyl (C=O) groups excluding carboxylic acids is 1. The summed E-state index contributed by atoms with van der Waals surface area (Å²) in [6.07, 6.45) is 2.60. The Labute approximate surface area is 125 Å². The van der Waals surface area contributed by atoms with E-state index in [4.69, 9.17) is 4.74 Å². The molecule has 0 aromatic heterocycles. The monoisotopic (exact) mass is 307 g/mol. The van der Waals surface area contributed by atoms with Gasteiger partial charge in [-0.1, -0.05) is 18.2 Å². The minimum Gasteiger partial charge on any atom is -0.496 e. The van der Waals surface area contributed by atoms with Crippen LogP contribution >= 0.6 is 0 Å². The van der Waals surface area contributed by atoms with Crippen molar-refractivity contribution in [3.63, 3.8) is 0 Å². The van der Waals surface area contributed by atoms with Crippen LogP contribution in [0.4, 0.5) is 18.9 Å². The Morgan fingerprint density at radius 2 is 1.82 bits per heavy atom. The second kappa shape index (κ2) is 6.80. The van der Waals surface area contributed by atoms with E-state index in [0.29, 0.717) is 11.3 Å². The maximum absolute atomic E-state index is 13.4. The van der Waals surface area contributed by atoms with Gasteiger partial charge < -0.3 is 10.1 Å². The third-order valence-corrected chi connectivity index (χ3v) is 2.85. The van der Waals surface area contributed by atoms with Crippen LogP contribution in [0.1, 0.15) is 5.56 Å². The number of benzene rings is 2. The highest BCUT2D eigenvalue weighted by Gasteiger charge is 2.14. The van der Waals surface area contributed by atoms with Crippen molar-refractivity contribution in [1.29, 1.82) is 0 Å². The smallest absolute Gasteiger partial charge is 0.248 e. The Bertz CT molecular complexity index is 729. The van der Waals surface area contributed by atoms with Crippen LogP contribution in [0.3, 0.4) is 0 Å². The van der Waals surface area contributed by atoms with Gasteiger partial charge in [0.25, 0.3) is 0 Å². The predicted molar refractivity (Wildman–Crippen MR) is 77.0 cm³/mol. The van der Waals surface area contributed by atoms with Gasteiger partial charge in [-0.25, -0.2) is 13.2 Å². The summed E-state index contributed by atoms with van der Waals surface area (Å²) in [6.45, 7) is 0. The summed E-state index contributed by atoms with van der Waals surface area (Å²) in [5.41, 5.74) is 0.208. The van der Waals surface area contributed by atoms with E-state index in [9.17, 15) is 18.0 Å². The SMILES string of the molecule is COc1ccccc1/C=C/C(=O)Nc1ccc(F)c(F)c1F. The first-order valence-corrected chi connectivity index (χ1v) is 6.28. The number of hydrogen-bond acceptors (Lipinski definition) is 2. The van der Waals surface area contributed by atoms with E-state index in [-0.39, 0.29) is 0 Å². The molecule has 2 aromatic carbocycles. The number of ether oxygens (including phenoxy) is 1. The standard InChI is InChI=1S/C16H12F3NO2/c1-22-13-5-3-2-4-10(13)6-9-14(21)20-12-8-7-11(17)15(18)16(12)19/h2-9H,1H3,(H,20,21)/b9-6+. The van der Waals surface area contributed by atoms with Gasteiger partial charge in [-0.15, -0.1) is 0 Å². The van der Waals surface area contributed by atoms with Crippen molar-refractivity contribution < 1.29 is 22.7 Å². The number of halogens is 3. The summed E-state index contributed by atoms with van der Waals surface area (Å²) in [5, 5.41) is 2.14. The Kier molecular flexibility index (Phi) is 4.83. The lowest BCUT2D eigenvalue weighted by Gasteiger charge is -2.05. The molecular formula is C16H12F3NO2. The summed E-state index contributed by atoms with van der Waals surface area (Å²) < 4.78 is 44.4. The van der Waals surface area contributed by atoms with Crippen LogP contribution in [-0.4, -0.2) is 13.0 Å². The number of anilines is 1. The van der Waals surface area contributed by atoms with E-state index < -0.39 is 29.0 Å². The lowest BCUT2D eigenvalue weighted by atomic mass is 10.2. The summed E-state index contributed by atoms with van der Waals surface area (Å²) in [4.78, 5) is 11.7. The van der Waals surface area contributed by atoms with Crippen LogP contribution in [0.25, 0.3) is 6.08 Å². The number of amides is 1. The molecule has 2 aromatic rings. The van der Waals surface area contributed by atoms with Gasteiger partial charge in [-0.2, -0.15) is 0 Å². The van der Waals surface area contributed by atoms with Crippen LogP contribution < -0.4 is 10.1 Å². The first-order valence-electron chi connectivity index (χ1n) is 6.28. The Hall–Kier alpha value is -2.76. The highest BCUT2D eigenvalue weighted by atomic mass is 19.2. The molecule has 1 amide bonds. The zero-order valence-corrected chi connectivity index (χ0v) is 11.6. The Morgan fingerprint density at radius 3 is 2.55 bits per heavy atom. The topological polar surface area (TPSA) is 38.3 Å². The lowest BCUT2D eigenvalue weighted by Crippen LogP contribution is -2.10. The summed E-state index contributed by atoms with van der Waals surface area (Å²) in [7, 11) is 1.49. The van der Waals surface area contributed by atoms with E-state index in [1.807, 2.05) is 0 Å². The molecule has 0 aliphatic heterocycles. The number of hydrogen-bond donors (Lipinski definition) is 1. The lowest BCUT2D eigenvalue weighted by molar-refractivity contribution is -0.111. The molecule has 0 spiro atoms. The summed E-state index contributed by atoms with van der Waals surface area (Å²) in [5.74, 6) is -4.52. The maximum Gasteiger partial charge on any atom is 0.248 e. The van der Waals surface area contributed by atoms with Crippen molar-refractivity contribution in [3.8, 4) is 5.75 Å². The number of para-hydroxylation sites is 1. The van der Waals surface area contributed by atoms with Crippen LogP contribution in [0.15, 0.2) is 42.5 Å². The van der Waals surface area contributed by atoms with Gasteiger partial charge in [0.2, 0.25) is 5.91 Å². The van der Waals surface area contributed by atoms with Crippen molar-refractivity contribution in [1.82, 2.24) is 0 Å². The molecule has 6 heteroatoms. The van der Waals surface area contributed by atoms with Crippen LogP contribution in [0, 0.1) is 17.5 Å². The molecule has 114 valence electrons. The third kappa shape index (κ3) is 3.46. The van der Waals surface area contributed by atoms with Crippen LogP contribution in [0.2, 0.25) is 0 Å².